The molecular weight excluding hydrogens is 306 g/mol. The van der Waals surface area contributed by atoms with Gasteiger partial charge in [-0.3, -0.25) is 9.71 Å². The molecule has 2 rings (SSSR count). The SMILES string of the molecule is O=S(=O)(CCNC1CC1)Nc1cncc(Br)c1. The number of nitrogens with zero attached hydrogens (tertiary/aromatic N) is 1. The average Bonchev–Trinajstić information content (AvgIpc) is 3.00. The van der Waals surface area contributed by atoms with Gasteiger partial charge < -0.3 is 5.32 Å². The molecule has 0 amide bonds. The van der Waals surface area contributed by atoms with Crippen LogP contribution >= 0.6 is 15.9 Å². The van der Waals surface area contributed by atoms with Crippen LogP contribution in [0.3, 0.4) is 0 Å². The van der Waals surface area contributed by atoms with Crippen molar-refractivity contribution in [2.75, 3.05) is 17.0 Å². The minimum absolute atomic E-state index is 0.0794. The Morgan fingerprint density at radius 2 is 2.18 bits per heavy atom. The van der Waals surface area contributed by atoms with Crippen molar-refractivity contribution >= 4 is 31.6 Å². The third kappa shape index (κ3) is 4.61. The van der Waals surface area contributed by atoms with Crippen molar-refractivity contribution in [2.24, 2.45) is 0 Å². The van der Waals surface area contributed by atoms with E-state index in [1.54, 1.807) is 12.3 Å². The molecule has 7 heteroatoms. The lowest BCUT2D eigenvalue weighted by molar-refractivity contribution is 0.595. The normalized spacial score (nSPS) is 15.8. The summed E-state index contributed by atoms with van der Waals surface area (Å²) in [7, 11) is -3.29. The first-order valence-electron chi connectivity index (χ1n) is 5.39. The Hall–Kier alpha value is -0.660. The molecule has 5 nitrogen and oxygen atoms in total. The lowest BCUT2D eigenvalue weighted by Gasteiger charge is -2.08. The molecule has 2 N–H and O–H groups in total. The molecule has 0 unspecified atom stereocenters. The van der Waals surface area contributed by atoms with Gasteiger partial charge in [0.25, 0.3) is 0 Å². The first-order valence-corrected chi connectivity index (χ1v) is 7.84. The minimum Gasteiger partial charge on any atom is -0.313 e. The van der Waals surface area contributed by atoms with E-state index in [9.17, 15) is 8.42 Å². The van der Waals surface area contributed by atoms with Gasteiger partial charge in [-0.05, 0) is 34.8 Å². The summed E-state index contributed by atoms with van der Waals surface area (Å²) in [6.45, 7) is 0.488. The molecule has 1 aliphatic rings. The highest BCUT2D eigenvalue weighted by Crippen LogP contribution is 2.18. The molecule has 0 saturated heterocycles. The molecule has 0 atom stereocenters. The fraction of sp³-hybridized carbons (Fsp3) is 0.500. The predicted octanol–water partition coefficient (Wildman–Crippen LogP) is 1.34. The highest BCUT2D eigenvalue weighted by atomic mass is 79.9. The van der Waals surface area contributed by atoms with Crippen LogP contribution in [0.25, 0.3) is 0 Å². The zero-order valence-corrected chi connectivity index (χ0v) is 11.6. The summed E-state index contributed by atoms with van der Waals surface area (Å²) in [5.41, 5.74) is 0.478. The fourth-order valence-corrected chi connectivity index (χ4v) is 2.71. The topological polar surface area (TPSA) is 71.1 Å². The van der Waals surface area contributed by atoms with Crippen LogP contribution in [0.5, 0.6) is 0 Å². The van der Waals surface area contributed by atoms with Gasteiger partial charge in [-0.1, -0.05) is 0 Å². The van der Waals surface area contributed by atoms with Crippen LogP contribution in [0.4, 0.5) is 5.69 Å². The van der Waals surface area contributed by atoms with Crippen molar-refractivity contribution in [3.8, 4) is 0 Å². The Kier molecular flexibility index (Phi) is 4.01. The Morgan fingerprint density at radius 3 is 2.82 bits per heavy atom. The smallest absolute Gasteiger partial charge is 0.234 e. The van der Waals surface area contributed by atoms with E-state index in [1.807, 2.05) is 0 Å². The van der Waals surface area contributed by atoms with Crippen LogP contribution in [0.15, 0.2) is 22.9 Å². The van der Waals surface area contributed by atoms with E-state index >= 15 is 0 Å². The summed E-state index contributed by atoms with van der Waals surface area (Å²) in [6, 6.07) is 2.21. The summed E-state index contributed by atoms with van der Waals surface area (Å²) < 4.78 is 26.7. The van der Waals surface area contributed by atoms with Crippen LogP contribution in [0.2, 0.25) is 0 Å². The standard InChI is InChI=1S/C10H14BrN3O2S/c11-8-5-10(7-12-6-8)14-17(15,16)4-3-13-9-1-2-9/h5-7,9,13-14H,1-4H2. The second kappa shape index (κ2) is 5.32. The van der Waals surface area contributed by atoms with Gasteiger partial charge in [-0.25, -0.2) is 8.42 Å². The Labute approximate surface area is 109 Å². The van der Waals surface area contributed by atoms with Gasteiger partial charge in [0.2, 0.25) is 10.0 Å². The maximum absolute atomic E-state index is 11.7. The van der Waals surface area contributed by atoms with Crippen LogP contribution in [0, 0.1) is 0 Å². The first kappa shape index (κ1) is 12.8. The number of pyridine rings is 1. The number of halogens is 1. The number of rotatable bonds is 6. The van der Waals surface area contributed by atoms with Crippen molar-refractivity contribution < 1.29 is 8.42 Å². The van der Waals surface area contributed by atoms with Crippen molar-refractivity contribution in [3.63, 3.8) is 0 Å². The van der Waals surface area contributed by atoms with Gasteiger partial charge in [0.05, 0.1) is 17.6 Å². The lowest BCUT2D eigenvalue weighted by atomic mass is 10.4. The lowest BCUT2D eigenvalue weighted by Crippen LogP contribution is -2.28. The summed E-state index contributed by atoms with van der Waals surface area (Å²) in [4.78, 5) is 3.90. The molecule has 1 fully saturated rings. The van der Waals surface area contributed by atoms with E-state index < -0.39 is 10.0 Å². The fourth-order valence-electron chi connectivity index (χ4n) is 1.38. The summed E-state index contributed by atoms with van der Waals surface area (Å²) in [5, 5.41) is 3.17. The number of sulfonamides is 1. The highest BCUT2D eigenvalue weighted by molar-refractivity contribution is 9.10. The molecule has 0 bridgehead atoms. The molecule has 1 heterocycles. The van der Waals surface area contributed by atoms with Crippen LogP contribution in [-0.2, 0) is 10.0 Å². The van der Waals surface area contributed by atoms with Gasteiger partial charge in [0.1, 0.15) is 0 Å². The van der Waals surface area contributed by atoms with E-state index in [0.29, 0.717) is 18.3 Å². The molecule has 0 spiro atoms. The van der Waals surface area contributed by atoms with E-state index in [0.717, 1.165) is 17.3 Å². The largest absolute Gasteiger partial charge is 0.313 e. The molecule has 1 aromatic heterocycles. The first-order chi connectivity index (χ1) is 8.05. The Morgan fingerprint density at radius 1 is 1.41 bits per heavy atom. The second-order valence-corrected chi connectivity index (χ2v) is 6.80. The Bertz CT molecular complexity index is 488. The molecule has 1 saturated carbocycles. The quantitative estimate of drug-likeness (QED) is 0.830. The molecule has 0 aliphatic heterocycles. The third-order valence-corrected chi connectivity index (χ3v) is 4.08. The number of hydrogen-bond donors (Lipinski definition) is 2. The van der Waals surface area contributed by atoms with Gasteiger partial charge in [0, 0.05) is 23.3 Å². The predicted molar refractivity (Wildman–Crippen MR) is 70.4 cm³/mol. The molecule has 0 radical (unpaired) electrons. The number of hydrogen-bond acceptors (Lipinski definition) is 4. The van der Waals surface area contributed by atoms with Gasteiger partial charge in [-0.2, -0.15) is 0 Å². The zero-order valence-electron chi connectivity index (χ0n) is 9.19. The molecule has 94 valence electrons. The van der Waals surface area contributed by atoms with Gasteiger partial charge >= 0.3 is 0 Å². The van der Waals surface area contributed by atoms with E-state index in [-0.39, 0.29) is 5.75 Å². The van der Waals surface area contributed by atoms with Crippen molar-refractivity contribution in [1.82, 2.24) is 10.3 Å². The van der Waals surface area contributed by atoms with E-state index in [4.69, 9.17) is 0 Å². The molecule has 17 heavy (non-hydrogen) atoms. The highest BCUT2D eigenvalue weighted by Gasteiger charge is 2.21. The molecule has 1 aliphatic carbocycles. The van der Waals surface area contributed by atoms with Crippen LogP contribution < -0.4 is 10.0 Å². The number of anilines is 1. The molecule has 0 aromatic carbocycles. The number of aromatic nitrogens is 1. The zero-order chi connectivity index (χ0) is 12.3. The Balaban J connectivity index is 1.86. The summed E-state index contributed by atoms with van der Waals surface area (Å²) in [6.07, 6.45) is 5.40. The average molecular weight is 320 g/mol. The minimum atomic E-state index is -3.29. The third-order valence-electron chi connectivity index (χ3n) is 2.36. The number of nitrogens with one attached hydrogen (secondary N) is 2. The van der Waals surface area contributed by atoms with Crippen molar-refractivity contribution in [3.05, 3.63) is 22.9 Å². The van der Waals surface area contributed by atoms with Gasteiger partial charge in [-0.15, -0.1) is 0 Å². The summed E-state index contributed by atoms with van der Waals surface area (Å²) in [5.74, 6) is 0.0794. The second-order valence-electron chi connectivity index (χ2n) is 4.04. The maximum atomic E-state index is 11.7. The van der Waals surface area contributed by atoms with Crippen LogP contribution in [0.1, 0.15) is 12.8 Å². The van der Waals surface area contributed by atoms with Crippen molar-refractivity contribution in [2.45, 2.75) is 18.9 Å². The maximum Gasteiger partial charge on any atom is 0.234 e. The monoisotopic (exact) mass is 319 g/mol. The van der Waals surface area contributed by atoms with E-state index in [1.165, 1.54) is 6.20 Å². The van der Waals surface area contributed by atoms with Gasteiger partial charge in [0.15, 0.2) is 0 Å². The molecule has 1 aromatic rings. The van der Waals surface area contributed by atoms with E-state index in [2.05, 4.69) is 31.0 Å². The van der Waals surface area contributed by atoms with Crippen molar-refractivity contribution in [1.29, 1.82) is 0 Å². The van der Waals surface area contributed by atoms with Crippen LogP contribution in [-0.4, -0.2) is 31.7 Å². The molecular formula is C10H14BrN3O2S. The summed E-state index contributed by atoms with van der Waals surface area (Å²) >= 11 is 3.24.